The second-order valence-corrected chi connectivity index (χ2v) is 12.0. The predicted molar refractivity (Wildman–Crippen MR) is 133 cm³/mol. The normalized spacial score (nSPS) is 17.8. The lowest BCUT2D eigenvalue weighted by Gasteiger charge is -2.50. The molecule has 0 bridgehead atoms. The number of carbonyl (C=O) groups excluding carboxylic acids is 2. The summed E-state index contributed by atoms with van der Waals surface area (Å²) in [6, 6.07) is 14.8. The molecule has 2 aliphatic rings. The Morgan fingerprint density at radius 1 is 0.853 bits per heavy atom. The SMILES string of the molecule is CC(C)(C)OC(=O)NC1(c2ccc3c(c2)C(C)(C)c2ccccc2-3)CN(C(=O)OC(C)(C)C)C1. The number of nitrogens with zero attached hydrogens (tertiary/aromatic N) is 1. The van der Waals surface area contributed by atoms with Crippen LogP contribution in [-0.2, 0) is 20.4 Å². The van der Waals surface area contributed by atoms with E-state index in [1.807, 2.05) is 41.5 Å². The molecule has 0 unspecified atom stereocenters. The molecule has 6 heteroatoms. The molecule has 1 N–H and O–H groups in total. The number of rotatable bonds is 2. The average molecular weight is 465 g/mol. The van der Waals surface area contributed by atoms with Crippen LogP contribution in [0.1, 0.15) is 72.1 Å². The zero-order chi connectivity index (χ0) is 25.1. The third kappa shape index (κ3) is 4.38. The molecule has 1 aliphatic heterocycles. The van der Waals surface area contributed by atoms with E-state index in [0.29, 0.717) is 13.1 Å². The molecule has 0 aromatic heterocycles. The summed E-state index contributed by atoms with van der Waals surface area (Å²) in [7, 11) is 0. The van der Waals surface area contributed by atoms with E-state index in [0.717, 1.165) is 5.56 Å². The molecule has 6 nitrogen and oxygen atoms in total. The van der Waals surface area contributed by atoms with Gasteiger partial charge in [0.15, 0.2) is 0 Å². The van der Waals surface area contributed by atoms with Crippen molar-refractivity contribution in [2.45, 2.75) is 77.5 Å². The summed E-state index contributed by atoms with van der Waals surface area (Å²) < 4.78 is 11.1. The van der Waals surface area contributed by atoms with Gasteiger partial charge in [-0.1, -0.05) is 56.3 Å². The second kappa shape index (κ2) is 7.76. The Balaban J connectivity index is 1.68. The van der Waals surface area contributed by atoms with Gasteiger partial charge >= 0.3 is 12.2 Å². The largest absolute Gasteiger partial charge is 0.444 e. The Hall–Kier alpha value is -3.02. The molecule has 2 aromatic carbocycles. The summed E-state index contributed by atoms with van der Waals surface area (Å²) >= 11 is 0. The number of amides is 2. The number of likely N-dealkylation sites (tertiary alicyclic amines) is 1. The van der Waals surface area contributed by atoms with Gasteiger partial charge in [0.05, 0.1) is 13.1 Å². The second-order valence-electron chi connectivity index (χ2n) is 12.0. The molecule has 0 atom stereocenters. The van der Waals surface area contributed by atoms with E-state index < -0.39 is 22.8 Å². The highest BCUT2D eigenvalue weighted by Crippen LogP contribution is 2.50. The molecule has 182 valence electrons. The highest BCUT2D eigenvalue weighted by molar-refractivity contribution is 5.81. The Morgan fingerprint density at radius 3 is 2.06 bits per heavy atom. The number of hydrogen-bond donors (Lipinski definition) is 1. The maximum Gasteiger partial charge on any atom is 0.410 e. The molecule has 0 saturated carbocycles. The lowest BCUT2D eigenvalue weighted by Crippen LogP contribution is -2.69. The fraction of sp³-hybridized carbons (Fsp3) is 0.500. The Bertz CT molecular complexity index is 1130. The third-order valence-corrected chi connectivity index (χ3v) is 6.45. The first-order valence-electron chi connectivity index (χ1n) is 11.9. The maximum absolute atomic E-state index is 12.8. The van der Waals surface area contributed by atoms with Gasteiger partial charge in [-0.2, -0.15) is 0 Å². The van der Waals surface area contributed by atoms with Crippen molar-refractivity contribution < 1.29 is 19.1 Å². The zero-order valence-electron chi connectivity index (χ0n) is 21.5. The lowest BCUT2D eigenvalue weighted by atomic mass is 9.77. The van der Waals surface area contributed by atoms with Crippen molar-refractivity contribution in [3.63, 3.8) is 0 Å². The Labute approximate surface area is 202 Å². The molecular weight excluding hydrogens is 428 g/mol. The maximum atomic E-state index is 12.8. The van der Waals surface area contributed by atoms with Crippen molar-refractivity contribution >= 4 is 12.2 Å². The highest BCUT2D eigenvalue weighted by Gasteiger charge is 2.50. The van der Waals surface area contributed by atoms with Crippen LogP contribution in [0.2, 0.25) is 0 Å². The van der Waals surface area contributed by atoms with Crippen molar-refractivity contribution in [1.82, 2.24) is 10.2 Å². The van der Waals surface area contributed by atoms with E-state index in [1.165, 1.54) is 22.3 Å². The van der Waals surface area contributed by atoms with E-state index in [1.54, 1.807) is 4.90 Å². The molecule has 1 aliphatic carbocycles. The first-order chi connectivity index (χ1) is 15.6. The standard InChI is InChI=1S/C28H36N2O4/c1-25(2,3)33-23(31)29-28(16-30(17-28)24(32)34-26(4,5)6)18-13-14-20-19-11-9-10-12-21(19)27(7,8)22(20)15-18/h9-15H,16-17H2,1-8H3,(H,29,31). The molecule has 1 saturated heterocycles. The average Bonchev–Trinajstić information content (AvgIpc) is 2.89. The summed E-state index contributed by atoms with van der Waals surface area (Å²) in [5.74, 6) is 0. The zero-order valence-corrected chi connectivity index (χ0v) is 21.5. The first kappa shape index (κ1) is 24.1. The van der Waals surface area contributed by atoms with Gasteiger partial charge in [0.1, 0.15) is 16.7 Å². The van der Waals surface area contributed by atoms with Gasteiger partial charge in [-0.05, 0) is 69.4 Å². The van der Waals surface area contributed by atoms with E-state index in [9.17, 15) is 9.59 Å². The van der Waals surface area contributed by atoms with Crippen LogP contribution in [0.4, 0.5) is 9.59 Å². The molecule has 1 heterocycles. The van der Waals surface area contributed by atoms with Crippen LogP contribution in [0.25, 0.3) is 11.1 Å². The van der Waals surface area contributed by atoms with Gasteiger partial charge in [0.2, 0.25) is 0 Å². The van der Waals surface area contributed by atoms with Crippen molar-refractivity contribution in [3.05, 3.63) is 59.2 Å². The number of fused-ring (bicyclic) bond motifs is 3. The third-order valence-electron chi connectivity index (χ3n) is 6.45. The summed E-state index contributed by atoms with van der Waals surface area (Å²) in [6.07, 6.45) is -0.887. The van der Waals surface area contributed by atoms with Crippen molar-refractivity contribution in [2.24, 2.45) is 0 Å². The molecule has 4 rings (SSSR count). The Kier molecular flexibility index (Phi) is 5.50. The van der Waals surface area contributed by atoms with Crippen molar-refractivity contribution in [3.8, 4) is 11.1 Å². The predicted octanol–water partition coefficient (Wildman–Crippen LogP) is 5.96. The fourth-order valence-corrected chi connectivity index (χ4v) is 4.90. The smallest absolute Gasteiger partial charge is 0.410 e. The molecule has 1 fully saturated rings. The van der Waals surface area contributed by atoms with E-state index >= 15 is 0 Å². The number of hydrogen-bond acceptors (Lipinski definition) is 4. The molecule has 2 aromatic rings. The van der Waals surface area contributed by atoms with Gasteiger partial charge in [0.25, 0.3) is 0 Å². The van der Waals surface area contributed by atoms with Crippen LogP contribution in [0.5, 0.6) is 0 Å². The quantitative estimate of drug-likeness (QED) is 0.595. The highest BCUT2D eigenvalue weighted by atomic mass is 16.6. The number of nitrogens with one attached hydrogen (secondary N) is 1. The summed E-state index contributed by atoms with van der Waals surface area (Å²) in [5, 5.41) is 3.08. The van der Waals surface area contributed by atoms with Crippen molar-refractivity contribution in [2.75, 3.05) is 13.1 Å². The monoisotopic (exact) mass is 464 g/mol. The number of alkyl carbamates (subject to hydrolysis) is 1. The minimum atomic E-state index is -0.751. The molecule has 0 spiro atoms. The lowest BCUT2D eigenvalue weighted by molar-refractivity contribution is -0.0230. The van der Waals surface area contributed by atoms with Crippen LogP contribution in [0.3, 0.4) is 0 Å². The molecule has 34 heavy (non-hydrogen) atoms. The first-order valence-corrected chi connectivity index (χ1v) is 11.9. The minimum Gasteiger partial charge on any atom is -0.444 e. The van der Waals surface area contributed by atoms with Crippen LogP contribution >= 0.6 is 0 Å². The molecule has 2 amide bonds. The van der Waals surface area contributed by atoms with Gasteiger partial charge < -0.3 is 19.7 Å². The van der Waals surface area contributed by atoms with Crippen LogP contribution < -0.4 is 5.32 Å². The van der Waals surface area contributed by atoms with E-state index in [2.05, 4.69) is 61.6 Å². The Morgan fingerprint density at radius 2 is 1.44 bits per heavy atom. The summed E-state index contributed by atoms with van der Waals surface area (Å²) in [6.45, 7) is 16.1. The van der Waals surface area contributed by atoms with Gasteiger partial charge in [-0.3, -0.25) is 0 Å². The van der Waals surface area contributed by atoms with Crippen LogP contribution in [-0.4, -0.2) is 41.4 Å². The van der Waals surface area contributed by atoms with Gasteiger partial charge in [0, 0.05) is 5.41 Å². The van der Waals surface area contributed by atoms with Gasteiger partial charge in [-0.25, -0.2) is 9.59 Å². The topological polar surface area (TPSA) is 67.9 Å². The number of benzene rings is 2. The van der Waals surface area contributed by atoms with E-state index in [-0.39, 0.29) is 11.5 Å². The number of carbonyl (C=O) groups is 2. The van der Waals surface area contributed by atoms with Gasteiger partial charge in [-0.15, -0.1) is 0 Å². The molecule has 0 radical (unpaired) electrons. The van der Waals surface area contributed by atoms with Crippen LogP contribution in [0, 0.1) is 0 Å². The molecular formula is C28H36N2O4. The van der Waals surface area contributed by atoms with E-state index in [4.69, 9.17) is 9.47 Å². The van der Waals surface area contributed by atoms with Crippen molar-refractivity contribution in [1.29, 1.82) is 0 Å². The van der Waals surface area contributed by atoms with Crippen LogP contribution in [0.15, 0.2) is 42.5 Å². The summed E-state index contributed by atoms with van der Waals surface area (Å²) in [5.41, 5.74) is 3.79. The minimum absolute atomic E-state index is 0.163. The summed E-state index contributed by atoms with van der Waals surface area (Å²) in [4.78, 5) is 27.1. The fourth-order valence-electron chi connectivity index (χ4n) is 4.90. The number of ether oxygens (including phenoxy) is 2.